The second-order valence-electron chi connectivity index (χ2n) is 3.90. The normalized spacial score (nSPS) is 12.6. The lowest BCUT2D eigenvalue weighted by Crippen LogP contribution is -2.19. The van der Waals surface area contributed by atoms with Crippen LogP contribution in [0, 0.1) is 5.82 Å². The molecule has 2 rings (SSSR count). The highest BCUT2D eigenvalue weighted by molar-refractivity contribution is 5.82. The summed E-state index contributed by atoms with van der Waals surface area (Å²) in [4.78, 5) is 14.7. The summed E-state index contributed by atoms with van der Waals surface area (Å²) >= 11 is 0. The van der Waals surface area contributed by atoms with Crippen LogP contribution in [0.25, 0.3) is 10.9 Å². The number of halogens is 1. The van der Waals surface area contributed by atoms with Crippen LogP contribution in [0.3, 0.4) is 0 Å². The zero-order valence-corrected chi connectivity index (χ0v) is 9.76. The van der Waals surface area contributed by atoms with Gasteiger partial charge in [0.1, 0.15) is 5.82 Å². The number of carboxylic acids is 1. The molecule has 0 aliphatic rings. The number of fused-ring (bicyclic) bond motifs is 1. The molecule has 0 spiro atoms. The van der Waals surface area contributed by atoms with E-state index in [-0.39, 0.29) is 12.4 Å². The topological polar surface area (TPSA) is 59.4 Å². The van der Waals surface area contributed by atoms with Crippen molar-refractivity contribution in [3.63, 3.8) is 0 Å². The highest BCUT2D eigenvalue weighted by Gasteiger charge is 2.13. The number of hydrogen-bond acceptors (Lipinski definition) is 3. The van der Waals surface area contributed by atoms with Gasteiger partial charge in [0.05, 0.1) is 12.1 Å². The van der Waals surface area contributed by atoms with Crippen molar-refractivity contribution in [2.45, 2.75) is 19.6 Å². The van der Waals surface area contributed by atoms with Crippen LogP contribution in [0.4, 0.5) is 4.39 Å². The van der Waals surface area contributed by atoms with Gasteiger partial charge in [0.2, 0.25) is 0 Å². The number of carboxylic acid groups (broad SMARTS) is 1. The van der Waals surface area contributed by atoms with E-state index in [0.717, 1.165) is 0 Å². The number of rotatable bonds is 4. The van der Waals surface area contributed by atoms with Gasteiger partial charge in [0.15, 0.2) is 6.10 Å². The van der Waals surface area contributed by atoms with Gasteiger partial charge in [-0.15, -0.1) is 0 Å². The quantitative estimate of drug-likeness (QED) is 0.903. The monoisotopic (exact) mass is 249 g/mol. The highest BCUT2D eigenvalue weighted by Crippen LogP contribution is 2.20. The van der Waals surface area contributed by atoms with Gasteiger partial charge in [-0.3, -0.25) is 4.98 Å². The van der Waals surface area contributed by atoms with Crippen molar-refractivity contribution < 1.29 is 19.0 Å². The molecule has 0 unspecified atom stereocenters. The van der Waals surface area contributed by atoms with Gasteiger partial charge in [-0.05, 0) is 25.1 Å². The smallest absolute Gasteiger partial charge is 0.332 e. The zero-order chi connectivity index (χ0) is 13.1. The summed E-state index contributed by atoms with van der Waals surface area (Å²) in [5, 5.41) is 9.12. The fourth-order valence-corrected chi connectivity index (χ4v) is 1.60. The largest absolute Gasteiger partial charge is 0.479 e. The van der Waals surface area contributed by atoms with Gasteiger partial charge in [0.25, 0.3) is 0 Å². The summed E-state index contributed by atoms with van der Waals surface area (Å²) in [6, 6.07) is 6.16. The van der Waals surface area contributed by atoms with E-state index in [9.17, 15) is 9.18 Å². The summed E-state index contributed by atoms with van der Waals surface area (Å²) < 4.78 is 18.7. The Morgan fingerprint density at radius 2 is 2.28 bits per heavy atom. The molecule has 4 nitrogen and oxygen atoms in total. The van der Waals surface area contributed by atoms with Crippen LogP contribution in [-0.2, 0) is 16.1 Å². The number of aliphatic carboxylic acids is 1. The van der Waals surface area contributed by atoms with Crippen LogP contribution in [0.1, 0.15) is 12.5 Å². The van der Waals surface area contributed by atoms with E-state index >= 15 is 0 Å². The van der Waals surface area contributed by atoms with E-state index in [1.165, 1.54) is 13.0 Å². The second kappa shape index (κ2) is 5.10. The number of nitrogens with zero attached hydrogens (tertiary/aromatic N) is 1. The van der Waals surface area contributed by atoms with E-state index in [4.69, 9.17) is 9.84 Å². The predicted molar refractivity (Wildman–Crippen MR) is 63.6 cm³/mol. The molecule has 0 saturated carbocycles. The molecule has 0 fully saturated rings. The molecule has 0 amide bonds. The lowest BCUT2D eigenvalue weighted by Gasteiger charge is -2.10. The molecule has 0 bridgehead atoms. The Kier molecular flexibility index (Phi) is 3.53. The van der Waals surface area contributed by atoms with Crippen LogP contribution < -0.4 is 0 Å². The van der Waals surface area contributed by atoms with Crippen LogP contribution in [0.15, 0.2) is 30.5 Å². The summed E-state index contributed by atoms with van der Waals surface area (Å²) in [7, 11) is 0. The number of pyridine rings is 1. The summed E-state index contributed by atoms with van der Waals surface area (Å²) in [5.74, 6) is -1.39. The van der Waals surface area contributed by atoms with Gasteiger partial charge in [-0.2, -0.15) is 0 Å². The molecule has 1 atom stereocenters. The van der Waals surface area contributed by atoms with Crippen molar-refractivity contribution in [2.24, 2.45) is 0 Å². The van der Waals surface area contributed by atoms with Crippen molar-refractivity contribution in [1.29, 1.82) is 0 Å². The maximum absolute atomic E-state index is 13.5. The molecule has 1 heterocycles. The molecule has 0 radical (unpaired) electrons. The average molecular weight is 249 g/mol. The van der Waals surface area contributed by atoms with Crippen LogP contribution >= 0.6 is 0 Å². The molecule has 1 aromatic heterocycles. The van der Waals surface area contributed by atoms with Crippen LogP contribution in [0.2, 0.25) is 0 Å². The van der Waals surface area contributed by atoms with E-state index in [0.29, 0.717) is 16.5 Å². The number of carbonyl (C=O) groups is 1. The van der Waals surface area contributed by atoms with Crippen molar-refractivity contribution in [3.8, 4) is 0 Å². The van der Waals surface area contributed by atoms with Crippen LogP contribution in [-0.4, -0.2) is 22.2 Å². The Morgan fingerprint density at radius 1 is 1.50 bits per heavy atom. The summed E-state index contributed by atoms with van der Waals surface area (Å²) in [6.07, 6.45) is 0.653. The third-order valence-corrected chi connectivity index (χ3v) is 2.64. The van der Waals surface area contributed by atoms with Crippen LogP contribution in [0.5, 0.6) is 0 Å². The van der Waals surface area contributed by atoms with E-state index in [2.05, 4.69) is 4.98 Å². The maximum atomic E-state index is 13.5. The minimum atomic E-state index is -1.03. The molecule has 1 N–H and O–H groups in total. The Hall–Kier alpha value is -2.01. The SMILES string of the molecule is C[C@@H](OCc1ccc(F)c2cccnc12)C(=O)O. The number of benzene rings is 1. The number of ether oxygens (including phenoxy) is 1. The van der Waals surface area contributed by atoms with Gasteiger partial charge < -0.3 is 9.84 Å². The molecule has 2 aromatic rings. The fourth-order valence-electron chi connectivity index (χ4n) is 1.60. The molecule has 94 valence electrons. The average Bonchev–Trinajstić information content (AvgIpc) is 2.38. The number of aromatic nitrogens is 1. The first-order chi connectivity index (χ1) is 8.59. The van der Waals surface area contributed by atoms with E-state index in [1.807, 2.05) is 0 Å². The fraction of sp³-hybridized carbons (Fsp3) is 0.231. The lowest BCUT2D eigenvalue weighted by molar-refractivity contribution is -0.149. The summed E-state index contributed by atoms with van der Waals surface area (Å²) in [5.41, 5.74) is 1.16. The first-order valence-electron chi connectivity index (χ1n) is 5.46. The second-order valence-corrected chi connectivity index (χ2v) is 3.90. The molecule has 18 heavy (non-hydrogen) atoms. The zero-order valence-electron chi connectivity index (χ0n) is 9.76. The van der Waals surface area contributed by atoms with Gasteiger partial charge >= 0.3 is 5.97 Å². The Labute approximate surface area is 103 Å². The standard InChI is InChI=1S/C13H12FNO3/c1-8(13(16)17)18-7-9-4-5-11(14)10-3-2-6-15-12(9)10/h2-6,8H,7H2,1H3,(H,16,17)/t8-/m1/s1. The molecule has 5 heteroatoms. The third-order valence-electron chi connectivity index (χ3n) is 2.64. The highest BCUT2D eigenvalue weighted by atomic mass is 19.1. The van der Waals surface area contributed by atoms with E-state index < -0.39 is 12.1 Å². The maximum Gasteiger partial charge on any atom is 0.332 e. The first-order valence-corrected chi connectivity index (χ1v) is 5.46. The van der Waals surface area contributed by atoms with Gasteiger partial charge in [0, 0.05) is 17.1 Å². The molecular formula is C13H12FNO3. The molecular weight excluding hydrogens is 237 g/mol. The molecule has 0 saturated heterocycles. The molecule has 0 aliphatic carbocycles. The third kappa shape index (κ3) is 2.46. The minimum Gasteiger partial charge on any atom is -0.479 e. The Morgan fingerprint density at radius 3 is 3.00 bits per heavy atom. The molecule has 0 aliphatic heterocycles. The van der Waals surface area contributed by atoms with Crippen molar-refractivity contribution in [1.82, 2.24) is 4.98 Å². The van der Waals surface area contributed by atoms with E-state index in [1.54, 1.807) is 24.4 Å². The predicted octanol–water partition coefficient (Wildman–Crippen LogP) is 2.36. The Bertz CT molecular complexity index is 585. The van der Waals surface area contributed by atoms with Crippen molar-refractivity contribution >= 4 is 16.9 Å². The Balaban J connectivity index is 2.29. The lowest BCUT2D eigenvalue weighted by atomic mass is 10.1. The van der Waals surface area contributed by atoms with Crippen molar-refractivity contribution in [2.75, 3.05) is 0 Å². The van der Waals surface area contributed by atoms with Gasteiger partial charge in [-0.1, -0.05) is 6.07 Å². The van der Waals surface area contributed by atoms with Gasteiger partial charge in [-0.25, -0.2) is 9.18 Å². The first kappa shape index (κ1) is 12.4. The minimum absolute atomic E-state index is 0.0846. The molecule has 1 aromatic carbocycles. The van der Waals surface area contributed by atoms with Crippen molar-refractivity contribution in [3.05, 3.63) is 41.8 Å². The summed E-state index contributed by atoms with van der Waals surface area (Å²) in [6.45, 7) is 1.53. The number of hydrogen-bond donors (Lipinski definition) is 1.